The first-order chi connectivity index (χ1) is 23.7. The molecule has 0 aromatic heterocycles. The Kier molecular flexibility index (Phi) is 11.8. The molecule has 1 heterocycles. The van der Waals surface area contributed by atoms with Crippen LogP contribution >= 0.6 is 0 Å². The van der Waals surface area contributed by atoms with Crippen molar-refractivity contribution in [2.45, 2.75) is 46.5 Å². The lowest BCUT2D eigenvalue weighted by molar-refractivity contribution is 0.0994. The fourth-order valence-electron chi connectivity index (χ4n) is 6.01. The van der Waals surface area contributed by atoms with Crippen molar-refractivity contribution in [2.24, 2.45) is 0 Å². The van der Waals surface area contributed by atoms with Crippen molar-refractivity contribution in [3.8, 4) is 11.5 Å². The summed E-state index contributed by atoms with van der Waals surface area (Å²) >= 11 is 0. The van der Waals surface area contributed by atoms with E-state index in [0.717, 1.165) is 52.6 Å². The van der Waals surface area contributed by atoms with E-state index in [1.165, 1.54) is 0 Å². The molecule has 4 aliphatic rings. The Balaban J connectivity index is 0.00000221. The number of carbonyl (C=O) groups excluding carboxylic acids is 1. The van der Waals surface area contributed by atoms with Gasteiger partial charge in [0.05, 0.1) is 11.3 Å². The maximum absolute atomic E-state index is 14.2. The molecule has 0 N–H and O–H groups in total. The van der Waals surface area contributed by atoms with Gasteiger partial charge >= 0.3 is 0 Å². The smallest absolute Gasteiger partial charge is 0.173 e. The SMILES string of the molecule is C=C/C=C(\C=C/C)N(C1=CC=CC=CC1)c1cccc2c1C(=O)Cc1ccc(N(C3=CCC=CC=C3)C3=CC=CC=CC3)cc1O2.CC. The summed E-state index contributed by atoms with van der Waals surface area (Å²) in [5.74, 6) is 1.25. The van der Waals surface area contributed by atoms with E-state index in [1.807, 2.05) is 81.5 Å². The second kappa shape index (κ2) is 16.8. The van der Waals surface area contributed by atoms with Crippen LogP contribution in [-0.4, -0.2) is 5.78 Å². The first-order valence-corrected chi connectivity index (χ1v) is 16.8. The molecular weight excluding hydrogens is 588 g/mol. The Bertz CT molecular complexity index is 1870. The van der Waals surface area contributed by atoms with E-state index in [2.05, 4.69) is 101 Å². The number of benzene rings is 2. The zero-order valence-corrected chi connectivity index (χ0v) is 28.2. The number of hydrogen-bond acceptors (Lipinski definition) is 4. The van der Waals surface area contributed by atoms with Crippen molar-refractivity contribution in [1.29, 1.82) is 0 Å². The first kappa shape index (κ1) is 33.7. The number of Topliss-reactive ketones (excluding diaryl/α,β-unsaturated/α-hetero) is 1. The van der Waals surface area contributed by atoms with Gasteiger partial charge in [-0.25, -0.2) is 0 Å². The fourth-order valence-corrected chi connectivity index (χ4v) is 6.01. The molecular formula is C44H44N2O2. The van der Waals surface area contributed by atoms with Crippen molar-refractivity contribution in [3.05, 3.63) is 192 Å². The minimum Gasteiger partial charge on any atom is -0.456 e. The molecule has 0 radical (unpaired) electrons. The number of fused-ring (bicyclic) bond motifs is 2. The molecule has 0 spiro atoms. The van der Waals surface area contributed by atoms with Gasteiger partial charge in [-0.15, -0.1) is 0 Å². The van der Waals surface area contributed by atoms with Crippen LogP contribution in [0.2, 0.25) is 0 Å². The van der Waals surface area contributed by atoms with Crippen LogP contribution < -0.4 is 14.5 Å². The molecule has 242 valence electrons. The van der Waals surface area contributed by atoms with Gasteiger partial charge in [-0.05, 0) is 61.9 Å². The highest BCUT2D eigenvalue weighted by Gasteiger charge is 2.29. The Morgan fingerprint density at radius 2 is 1.60 bits per heavy atom. The van der Waals surface area contributed by atoms with E-state index in [9.17, 15) is 4.79 Å². The number of ether oxygens (including phenoxy) is 1. The van der Waals surface area contributed by atoms with Crippen LogP contribution in [0.3, 0.4) is 0 Å². The highest BCUT2D eigenvalue weighted by molar-refractivity contribution is 6.06. The normalized spacial score (nSPS) is 16.5. The van der Waals surface area contributed by atoms with E-state index in [1.54, 1.807) is 6.08 Å². The molecule has 0 bridgehead atoms. The number of anilines is 2. The number of allylic oxidation sites excluding steroid dienone is 19. The predicted octanol–water partition coefficient (Wildman–Crippen LogP) is 11.7. The molecule has 0 atom stereocenters. The zero-order valence-electron chi connectivity index (χ0n) is 28.2. The number of rotatable bonds is 8. The van der Waals surface area contributed by atoms with Crippen molar-refractivity contribution < 1.29 is 9.53 Å². The van der Waals surface area contributed by atoms with Gasteiger partial charge in [0.1, 0.15) is 11.5 Å². The van der Waals surface area contributed by atoms with Crippen LogP contribution in [0.15, 0.2) is 181 Å². The summed E-state index contributed by atoms with van der Waals surface area (Å²) in [7, 11) is 0. The average Bonchev–Trinajstić information content (AvgIpc) is 3.68. The van der Waals surface area contributed by atoms with Gasteiger partial charge in [0.15, 0.2) is 5.78 Å². The van der Waals surface area contributed by atoms with Crippen molar-refractivity contribution in [2.75, 3.05) is 9.80 Å². The largest absolute Gasteiger partial charge is 0.456 e. The average molecular weight is 633 g/mol. The summed E-state index contributed by atoms with van der Waals surface area (Å²) < 4.78 is 6.71. The van der Waals surface area contributed by atoms with Crippen molar-refractivity contribution >= 4 is 17.2 Å². The van der Waals surface area contributed by atoms with E-state index in [0.29, 0.717) is 23.5 Å². The number of ketones is 1. The Morgan fingerprint density at radius 1 is 0.854 bits per heavy atom. The molecule has 0 saturated carbocycles. The van der Waals surface area contributed by atoms with Gasteiger partial charge in [-0.1, -0.05) is 118 Å². The maximum Gasteiger partial charge on any atom is 0.173 e. The van der Waals surface area contributed by atoms with Crippen LogP contribution in [0, 0.1) is 0 Å². The number of carbonyl (C=O) groups is 1. The Hall–Kier alpha value is -5.61. The summed E-state index contributed by atoms with van der Waals surface area (Å²) in [5, 5.41) is 0. The van der Waals surface area contributed by atoms with Crippen LogP contribution in [0.4, 0.5) is 11.4 Å². The Labute approximate surface area is 286 Å². The third kappa shape index (κ3) is 7.67. The summed E-state index contributed by atoms with van der Waals surface area (Å²) in [5.41, 5.74) is 7.37. The van der Waals surface area contributed by atoms with Gasteiger partial charge < -0.3 is 14.5 Å². The minimum atomic E-state index is 0.0138. The van der Waals surface area contributed by atoms with Gasteiger partial charge in [-0.2, -0.15) is 0 Å². The third-order valence-electron chi connectivity index (χ3n) is 8.05. The summed E-state index contributed by atoms with van der Waals surface area (Å²) in [6.07, 6.45) is 41.9. The molecule has 0 unspecified atom stereocenters. The van der Waals surface area contributed by atoms with Crippen molar-refractivity contribution in [1.82, 2.24) is 0 Å². The molecule has 1 aliphatic heterocycles. The standard InChI is InChI=1S/C42H38N2O2.C2H6/c1-3-18-33(19-4-2)44(36-24-15-9-10-16-25-36)38-26-17-27-40-42(38)39(45)30-32-28-29-37(31-41(32)46-40)43(34-20-11-5-6-12-21-34)35-22-13-7-8-14-23-35;1-2/h3-13,15-20,22-24,26-29,31H,1,14,21,25,30H2,2H3;1-2H3/b19-4-,33-18+;. The molecule has 0 amide bonds. The Morgan fingerprint density at radius 3 is 2.38 bits per heavy atom. The second-order valence-electron chi connectivity index (χ2n) is 11.1. The molecule has 48 heavy (non-hydrogen) atoms. The highest BCUT2D eigenvalue weighted by Crippen LogP contribution is 2.43. The minimum absolute atomic E-state index is 0.0138. The fraction of sp³-hybridized carbons (Fsp3) is 0.159. The lowest BCUT2D eigenvalue weighted by Crippen LogP contribution is -2.23. The van der Waals surface area contributed by atoms with Gasteiger partial charge in [-0.3, -0.25) is 4.79 Å². The molecule has 0 saturated heterocycles. The van der Waals surface area contributed by atoms with Crippen molar-refractivity contribution in [3.63, 3.8) is 0 Å². The van der Waals surface area contributed by atoms with E-state index in [4.69, 9.17) is 4.74 Å². The van der Waals surface area contributed by atoms with Crippen LogP contribution in [0.5, 0.6) is 11.5 Å². The lowest BCUT2D eigenvalue weighted by Gasteiger charge is -2.30. The van der Waals surface area contributed by atoms with Gasteiger partial charge in [0, 0.05) is 59.4 Å². The third-order valence-corrected chi connectivity index (χ3v) is 8.05. The quantitative estimate of drug-likeness (QED) is 0.271. The second-order valence-corrected chi connectivity index (χ2v) is 11.1. The maximum atomic E-state index is 14.2. The number of nitrogens with zero attached hydrogens (tertiary/aromatic N) is 2. The molecule has 0 fully saturated rings. The zero-order chi connectivity index (χ0) is 33.7. The lowest BCUT2D eigenvalue weighted by atomic mass is 9.99. The molecule has 2 aromatic carbocycles. The summed E-state index contributed by atoms with van der Waals surface area (Å²) in [6, 6.07) is 12.1. The molecule has 6 rings (SSSR count). The van der Waals surface area contributed by atoms with E-state index in [-0.39, 0.29) is 12.2 Å². The van der Waals surface area contributed by atoms with E-state index < -0.39 is 0 Å². The molecule has 4 nitrogen and oxygen atoms in total. The van der Waals surface area contributed by atoms with Gasteiger partial charge in [0.2, 0.25) is 0 Å². The predicted molar refractivity (Wildman–Crippen MR) is 203 cm³/mol. The van der Waals surface area contributed by atoms with Crippen LogP contribution in [0.1, 0.15) is 56.0 Å². The monoisotopic (exact) mass is 632 g/mol. The molecule has 3 aliphatic carbocycles. The summed E-state index contributed by atoms with van der Waals surface area (Å²) in [6.45, 7) is 9.95. The first-order valence-electron chi connectivity index (χ1n) is 16.8. The highest BCUT2D eigenvalue weighted by atomic mass is 16.5. The molecule has 2 aromatic rings. The molecule has 4 heteroatoms. The van der Waals surface area contributed by atoms with E-state index >= 15 is 0 Å². The van der Waals surface area contributed by atoms with Crippen LogP contribution in [-0.2, 0) is 6.42 Å². The van der Waals surface area contributed by atoms with Gasteiger partial charge in [0.25, 0.3) is 0 Å². The number of hydrogen-bond donors (Lipinski definition) is 0. The topological polar surface area (TPSA) is 32.8 Å². The summed E-state index contributed by atoms with van der Waals surface area (Å²) in [4.78, 5) is 18.6. The van der Waals surface area contributed by atoms with Crippen LogP contribution in [0.25, 0.3) is 0 Å².